The van der Waals surface area contributed by atoms with Crippen LogP contribution in [0.4, 0.5) is 4.39 Å². The van der Waals surface area contributed by atoms with Crippen LogP contribution in [0.5, 0.6) is 0 Å². The Labute approximate surface area is 179 Å². The van der Waals surface area contributed by atoms with Gasteiger partial charge in [-0.2, -0.15) is 0 Å². The van der Waals surface area contributed by atoms with Gasteiger partial charge in [-0.15, -0.1) is 0 Å². The van der Waals surface area contributed by atoms with Crippen molar-refractivity contribution in [3.05, 3.63) is 54.3 Å². The fourth-order valence-corrected chi connectivity index (χ4v) is 3.38. The summed E-state index contributed by atoms with van der Waals surface area (Å²) in [5.74, 6) is -1.34. The van der Waals surface area contributed by atoms with Crippen LogP contribution in [0.15, 0.2) is 26.9 Å². The molecule has 30 heavy (non-hydrogen) atoms. The third-order valence-corrected chi connectivity index (χ3v) is 5.48. The van der Waals surface area contributed by atoms with Gasteiger partial charge < -0.3 is 9.57 Å². The Hall–Kier alpha value is -2.79. The number of carbonyl (C=O) groups excluding carboxylic acids is 1. The van der Waals surface area contributed by atoms with E-state index in [1.54, 1.807) is 6.92 Å². The van der Waals surface area contributed by atoms with Crippen molar-refractivity contribution in [1.82, 2.24) is 13.7 Å². The molecule has 160 valence electrons. The van der Waals surface area contributed by atoms with Crippen LogP contribution in [0.1, 0.15) is 25.8 Å². The van der Waals surface area contributed by atoms with Crippen molar-refractivity contribution in [3.8, 4) is 5.69 Å². The third-order valence-electron chi connectivity index (χ3n) is 4.62. The Morgan fingerprint density at radius 1 is 1.33 bits per heavy atom. The van der Waals surface area contributed by atoms with Crippen molar-refractivity contribution in [1.29, 1.82) is 0 Å². The van der Waals surface area contributed by atoms with Gasteiger partial charge in [0.25, 0.3) is 0 Å². The zero-order valence-electron chi connectivity index (χ0n) is 16.6. The zero-order chi connectivity index (χ0) is 22.4. The average molecular weight is 457 g/mol. The van der Waals surface area contributed by atoms with E-state index in [4.69, 9.17) is 33.4 Å². The van der Waals surface area contributed by atoms with E-state index in [9.17, 15) is 18.8 Å². The molecule has 2 heterocycles. The lowest BCUT2D eigenvalue weighted by Crippen LogP contribution is -2.43. The summed E-state index contributed by atoms with van der Waals surface area (Å²) >= 11 is 11.2. The van der Waals surface area contributed by atoms with Crippen molar-refractivity contribution in [3.63, 3.8) is 0 Å². The Morgan fingerprint density at radius 3 is 2.50 bits per heavy atom. The molecule has 12 heteroatoms. The fraction of sp³-hybridized carbons (Fsp3) is 0.389. The molecule has 1 aromatic heterocycles. The summed E-state index contributed by atoms with van der Waals surface area (Å²) in [6, 6.07) is 2.24. The van der Waals surface area contributed by atoms with Crippen molar-refractivity contribution in [2.45, 2.75) is 25.9 Å². The number of nitrogens with zero attached hydrogens (tertiary/aromatic N) is 4. The predicted molar refractivity (Wildman–Crippen MR) is 109 cm³/mol. The van der Waals surface area contributed by atoms with Gasteiger partial charge in [0, 0.05) is 33.0 Å². The highest BCUT2D eigenvalue weighted by Crippen LogP contribution is 2.31. The first-order valence-corrected chi connectivity index (χ1v) is 9.51. The number of esters is 1. The van der Waals surface area contributed by atoms with E-state index in [1.807, 2.05) is 0 Å². The highest BCUT2D eigenvalue weighted by molar-refractivity contribution is 7.71. The maximum Gasteiger partial charge on any atom is 0.338 e. The molecule has 2 aromatic rings. The summed E-state index contributed by atoms with van der Waals surface area (Å²) in [4.78, 5) is 41.7. The summed E-state index contributed by atoms with van der Waals surface area (Å²) in [5, 5.41) is 4.00. The summed E-state index contributed by atoms with van der Waals surface area (Å²) in [7, 11) is 2.76. The van der Waals surface area contributed by atoms with Crippen LogP contribution in [-0.4, -0.2) is 37.6 Å². The minimum absolute atomic E-state index is 0.00866. The van der Waals surface area contributed by atoms with Gasteiger partial charge in [-0.05, 0) is 31.3 Å². The maximum atomic E-state index is 14.7. The lowest BCUT2D eigenvalue weighted by Gasteiger charge is -2.20. The standard InChI is InChI=1S/C18H18ClFN4O5S/c1-9(25)28-8-18(2)7-13(21-29-18)10-5-14(12(20)6-11(10)19)24-15(26)22(3)17(30)23(4)16(24)27/h5-6H,7-8H2,1-4H3. The molecule has 0 saturated heterocycles. The first kappa shape index (κ1) is 21.9. The molecule has 0 fully saturated rings. The number of carbonyl (C=O) groups is 1. The molecule has 1 aromatic carbocycles. The van der Waals surface area contributed by atoms with E-state index in [0.29, 0.717) is 10.3 Å². The van der Waals surface area contributed by atoms with Gasteiger partial charge in [0.2, 0.25) is 0 Å². The normalized spacial score (nSPS) is 18.1. The molecule has 0 spiro atoms. The summed E-state index contributed by atoms with van der Waals surface area (Å²) in [6.07, 6.45) is 0.205. The Bertz CT molecular complexity index is 1220. The van der Waals surface area contributed by atoms with E-state index < -0.39 is 28.8 Å². The van der Waals surface area contributed by atoms with Crippen LogP contribution in [0.3, 0.4) is 0 Å². The molecule has 3 rings (SSSR count). The topological polar surface area (TPSA) is 96.8 Å². The van der Waals surface area contributed by atoms with E-state index in [0.717, 1.165) is 15.2 Å². The van der Waals surface area contributed by atoms with Crippen LogP contribution < -0.4 is 11.4 Å². The molecular formula is C18H18ClFN4O5S. The van der Waals surface area contributed by atoms with Crippen LogP contribution in [0.2, 0.25) is 5.02 Å². The summed E-state index contributed by atoms with van der Waals surface area (Å²) in [6.45, 7) is 2.92. The van der Waals surface area contributed by atoms with E-state index in [2.05, 4.69) is 5.16 Å². The van der Waals surface area contributed by atoms with Crippen LogP contribution >= 0.6 is 23.8 Å². The minimum Gasteiger partial charge on any atom is -0.461 e. The monoisotopic (exact) mass is 456 g/mol. The number of benzene rings is 1. The Kier molecular flexibility index (Phi) is 5.70. The second-order valence-electron chi connectivity index (χ2n) is 7.12. The highest BCUT2D eigenvalue weighted by Gasteiger charge is 2.37. The van der Waals surface area contributed by atoms with Crippen molar-refractivity contribution < 1.29 is 18.8 Å². The number of ether oxygens (including phenoxy) is 1. The number of aromatic nitrogens is 3. The number of hydrogen-bond acceptors (Lipinski definition) is 7. The summed E-state index contributed by atoms with van der Waals surface area (Å²) in [5.41, 5.74) is -2.22. The SMILES string of the molecule is CC(=O)OCC1(C)CC(c2cc(-n3c(=O)n(C)c(=S)n(C)c3=O)c(F)cc2Cl)=NO1. The quantitative estimate of drug-likeness (QED) is 0.514. The lowest BCUT2D eigenvalue weighted by molar-refractivity contribution is -0.149. The maximum absolute atomic E-state index is 14.7. The molecule has 0 saturated carbocycles. The lowest BCUT2D eigenvalue weighted by atomic mass is 9.96. The Balaban J connectivity index is 2.11. The smallest absolute Gasteiger partial charge is 0.338 e. The molecule has 1 unspecified atom stereocenters. The second-order valence-corrected chi connectivity index (χ2v) is 7.89. The number of oxime groups is 1. The van der Waals surface area contributed by atoms with E-state index in [-0.39, 0.29) is 34.1 Å². The van der Waals surface area contributed by atoms with Crippen LogP contribution in [0, 0.1) is 10.6 Å². The fourth-order valence-electron chi connectivity index (χ4n) is 2.97. The average Bonchev–Trinajstić information content (AvgIpc) is 3.07. The van der Waals surface area contributed by atoms with Gasteiger partial charge in [0.15, 0.2) is 10.4 Å². The molecule has 0 amide bonds. The number of hydrogen-bond donors (Lipinski definition) is 0. The van der Waals surface area contributed by atoms with Gasteiger partial charge in [0.1, 0.15) is 12.4 Å². The third kappa shape index (κ3) is 3.82. The van der Waals surface area contributed by atoms with Crippen LogP contribution in [0.25, 0.3) is 5.69 Å². The van der Waals surface area contributed by atoms with Crippen LogP contribution in [-0.2, 0) is 28.5 Å². The molecular weight excluding hydrogens is 439 g/mol. The summed E-state index contributed by atoms with van der Waals surface area (Å²) < 4.78 is 22.5. The first-order chi connectivity index (χ1) is 13.9. The predicted octanol–water partition coefficient (Wildman–Crippen LogP) is 1.84. The van der Waals surface area contributed by atoms with Gasteiger partial charge in [0.05, 0.1) is 16.4 Å². The molecule has 1 aliphatic rings. The molecule has 0 radical (unpaired) electrons. The molecule has 0 N–H and O–H groups in total. The minimum atomic E-state index is -0.928. The Morgan fingerprint density at radius 2 is 1.93 bits per heavy atom. The van der Waals surface area contributed by atoms with Crippen molar-refractivity contribution in [2.75, 3.05) is 6.61 Å². The molecule has 0 aliphatic carbocycles. The first-order valence-electron chi connectivity index (χ1n) is 8.72. The molecule has 9 nitrogen and oxygen atoms in total. The van der Waals surface area contributed by atoms with Gasteiger partial charge in [-0.25, -0.2) is 18.5 Å². The van der Waals surface area contributed by atoms with Gasteiger partial charge in [-0.1, -0.05) is 16.8 Å². The number of halogens is 2. The molecule has 0 bridgehead atoms. The zero-order valence-corrected chi connectivity index (χ0v) is 18.1. The largest absolute Gasteiger partial charge is 0.461 e. The molecule has 1 atom stereocenters. The second kappa shape index (κ2) is 7.80. The number of rotatable bonds is 4. The van der Waals surface area contributed by atoms with Crippen molar-refractivity contribution >= 4 is 35.5 Å². The van der Waals surface area contributed by atoms with Crippen molar-refractivity contribution in [2.24, 2.45) is 19.3 Å². The van der Waals surface area contributed by atoms with Gasteiger partial charge in [-0.3, -0.25) is 13.9 Å². The highest BCUT2D eigenvalue weighted by atomic mass is 35.5. The molecule has 1 aliphatic heterocycles. The van der Waals surface area contributed by atoms with E-state index >= 15 is 0 Å². The van der Waals surface area contributed by atoms with E-state index in [1.165, 1.54) is 27.1 Å². The van der Waals surface area contributed by atoms with Gasteiger partial charge >= 0.3 is 17.3 Å².